The fraction of sp³-hybridized carbons (Fsp3) is 0.375. The van der Waals surface area contributed by atoms with Crippen LogP contribution in [0.5, 0.6) is 0 Å². The number of pyridine rings is 1. The summed E-state index contributed by atoms with van der Waals surface area (Å²) in [4.78, 5) is 34.1. The maximum Gasteiger partial charge on any atom is 0.295 e. The van der Waals surface area contributed by atoms with Crippen LogP contribution in [0.4, 0.5) is 0 Å². The molecule has 2 aliphatic heterocycles. The molecule has 0 radical (unpaired) electrons. The highest BCUT2D eigenvalue weighted by Gasteiger charge is 2.46. The van der Waals surface area contributed by atoms with Gasteiger partial charge < -0.3 is 14.7 Å². The standard InChI is InChI=1S/C24H27N3O4/c1-16-5-6-17(2)19(14-16)22(28)20-21(18-4-3-7-25-15-18)27(24(30)23(20)29)9-8-26-10-12-31-13-11-26/h3-7,14-15,21,28H,8-13H2,1-2H3/t21-/m0/s1. The molecule has 2 aliphatic rings. The van der Waals surface area contributed by atoms with Gasteiger partial charge in [0.05, 0.1) is 24.8 Å². The Balaban J connectivity index is 1.75. The number of aryl methyl sites for hydroxylation is 2. The fourth-order valence-electron chi connectivity index (χ4n) is 4.20. The normalized spacial score (nSPS) is 21.6. The van der Waals surface area contributed by atoms with Crippen molar-refractivity contribution in [3.05, 3.63) is 70.6 Å². The molecule has 1 aromatic heterocycles. The summed E-state index contributed by atoms with van der Waals surface area (Å²) in [6.45, 7) is 7.74. The van der Waals surface area contributed by atoms with E-state index in [1.165, 1.54) is 0 Å². The first kappa shape index (κ1) is 21.2. The smallest absolute Gasteiger partial charge is 0.295 e. The van der Waals surface area contributed by atoms with E-state index in [9.17, 15) is 14.7 Å². The fourth-order valence-corrected chi connectivity index (χ4v) is 4.20. The predicted molar refractivity (Wildman–Crippen MR) is 116 cm³/mol. The van der Waals surface area contributed by atoms with Crippen LogP contribution in [-0.4, -0.2) is 71.0 Å². The second kappa shape index (κ2) is 8.99. The van der Waals surface area contributed by atoms with Gasteiger partial charge >= 0.3 is 0 Å². The number of Topliss-reactive ketones (excluding diaryl/α,β-unsaturated/α-hetero) is 1. The van der Waals surface area contributed by atoms with Crippen LogP contribution in [0.2, 0.25) is 0 Å². The summed E-state index contributed by atoms with van der Waals surface area (Å²) < 4.78 is 5.39. The molecule has 0 unspecified atom stereocenters. The molecule has 7 heteroatoms. The Bertz CT molecular complexity index is 1010. The summed E-state index contributed by atoms with van der Waals surface area (Å²) in [5.74, 6) is -1.38. The molecule has 2 fully saturated rings. The highest BCUT2D eigenvalue weighted by molar-refractivity contribution is 6.46. The third-order valence-electron chi connectivity index (χ3n) is 5.95. The van der Waals surface area contributed by atoms with E-state index in [0.717, 1.165) is 24.2 Å². The lowest BCUT2D eigenvalue weighted by Crippen LogP contribution is -2.42. The van der Waals surface area contributed by atoms with Crippen molar-refractivity contribution in [2.45, 2.75) is 19.9 Å². The van der Waals surface area contributed by atoms with Gasteiger partial charge in [-0.2, -0.15) is 0 Å². The van der Waals surface area contributed by atoms with Crippen molar-refractivity contribution in [3.63, 3.8) is 0 Å². The number of nitrogens with zero attached hydrogens (tertiary/aromatic N) is 3. The van der Waals surface area contributed by atoms with Crippen LogP contribution in [0.25, 0.3) is 5.76 Å². The summed E-state index contributed by atoms with van der Waals surface area (Å²) in [5.41, 5.74) is 3.20. The summed E-state index contributed by atoms with van der Waals surface area (Å²) >= 11 is 0. The van der Waals surface area contributed by atoms with Gasteiger partial charge in [-0.1, -0.05) is 23.8 Å². The van der Waals surface area contributed by atoms with Crippen LogP contribution in [0, 0.1) is 13.8 Å². The van der Waals surface area contributed by atoms with Gasteiger partial charge in [-0.15, -0.1) is 0 Å². The topological polar surface area (TPSA) is 83.0 Å². The number of carbonyl (C=O) groups is 2. The van der Waals surface area contributed by atoms with E-state index in [4.69, 9.17) is 4.74 Å². The minimum Gasteiger partial charge on any atom is -0.507 e. The maximum atomic E-state index is 13.1. The predicted octanol–water partition coefficient (Wildman–Crippen LogP) is 2.45. The first-order valence-electron chi connectivity index (χ1n) is 10.5. The lowest BCUT2D eigenvalue weighted by Gasteiger charge is -2.30. The van der Waals surface area contributed by atoms with E-state index in [2.05, 4.69) is 9.88 Å². The quantitative estimate of drug-likeness (QED) is 0.454. The third kappa shape index (κ3) is 4.24. The number of hydrogen-bond acceptors (Lipinski definition) is 6. The molecular weight excluding hydrogens is 394 g/mol. The zero-order chi connectivity index (χ0) is 22.0. The highest BCUT2D eigenvalue weighted by atomic mass is 16.5. The first-order chi connectivity index (χ1) is 15.0. The van der Waals surface area contributed by atoms with Crippen LogP contribution in [-0.2, 0) is 14.3 Å². The third-order valence-corrected chi connectivity index (χ3v) is 5.95. The Hall–Kier alpha value is -3.03. The van der Waals surface area contributed by atoms with Crippen LogP contribution < -0.4 is 0 Å². The van der Waals surface area contributed by atoms with Crippen molar-refractivity contribution in [1.82, 2.24) is 14.8 Å². The molecule has 4 rings (SSSR count). The largest absolute Gasteiger partial charge is 0.507 e. The van der Waals surface area contributed by atoms with Crippen molar-refractivity contribution < 1.29 is 19.4 Å². The van der Waals surface area contributed by atoms with E-state index >= 15 is 0 Å². The summed E-state index contributed by atoms with van der Waals surface area (Å²) in [6.07, 6.45) is 3.29. The second-order valence-corrected chi connectivity index (χ2v) is 8.05. The SMILES string of the molecule is Cc1ccc(C)c(C(O)=C2C(=O)C(=O)N(CCN3CCOCC3)[C@H]2c2cccnc2)c1. The van der Waals surface area contributed by atoms with E-state index in [1.807, 2.05) is 38.1 Å². The minimum atomic E-state index is -0.672. The van der Waals surface area contributed by atoms with Gasteiger partial charge in [0, 0.05) is 44.1 Å². The van der Waals surface area contributed by atoms with Crippen LogP contribution >= 0.6 is 0 Å². The Kier molecular flexibility index (Phi) is 6.15. The zero-order valence-corrected chi connectivity index (χ0v) is 17.9. The molecule has 7 nitrogen and oxygen atoms in total. The van der Waals surface area contributed by atoms with Crippen LogP contribution in [0.3, 0.4) is 0 Å². The highest BCUT2D eigenvalue weighted by Crippen LogP contribution is 2.39. The van der Waals surface area contributed by atoms with Gasteiger partial charge in [0.25, 0.3) is 11.7 Å². The maximum absolute atomic E-state index is 13.1. The lowest BCUT2D eigenvalue weighted by molar-refractivity contribution is -0.140. The van der Waals surface area contributed by atoms with Gasteiger partial charge in [-0.3, -0.25) is 19.5 Å². The van der Waals surface area contributed by atoms with Crippen molar-refractivity contribution in [3.8, 4) is 0 Å². The number of hydrogen-bond donors (Lipinski definition) is 1. The summed E-state index contributed by atoms with van der Waals surface area (Å²) in [6, 6.07) is 8.63. The molecular formula is C24H27N3O4. The van der Waals surface area contributed by atoms with Crippen LogP contribution in [0.15, 0.2) is 48.3 Å². The number of ether oxygens (including phenoxy) is 1. The Morgan fingerprint density at radius 1 is 1.16 bits per heavy atom. The molecule has 162 valence electrons. The van der Waals surface area contributed by atoms with Gasteiger partial charge in [-0.05, 0) is 37.1 Å². The molecule has 2 saturated heterocycles. The Labute approximate surface area is 182 Å². The second-order valence-electron chi connectivity index (χ2n) is 8.05. The van der Waals surface area contributed by atoms with Gasteiger partial charge in [0.15, 0.2) is 0 Å². The molecule has 0 aliphatic carbocycles. The van der Waals surface area contributed by atoms with Gasteiger partial charge in [-0.25, -0.2) is 0 Å². The average molecular weight is 421 g/mol. The molecule has 2 aromatic rings. The monoisotopic (exact) mass is 421 g/mol. The van der Waals surface area contributed by atoms with E-state index in [0.29, 0.717) is 37.4 Å². The number of aliphatic hydroxyl groups is 1. The Morgan fingerprint density at radius 3 is 2.65 bits per heavy atom. The van der Waals surface area contributed by atoms with Gasteiger partial charge in [0.2, 0.25) is 0 Å². The van der Waals surface area contributed by atoms with Crippen LogP contribution in [0.1, 0.15) is 28.3 Å². The van der Waals surface area contributed by atoms with E-state index in [1.54, 1.807) is 23.4 Å². The molecule has 1 aromatic carbocycles. The summed E-state index contributed by atoms with van der Waals surface area (Å²) in [7, 11) is 0. The molecule has 1 amide bonds. The molecule has 31 heavy (non-hydrogen) atoms. The molecule has 0 bridgehead atoms. The molecule has 0 spiro atoms. The van der Waals surface area contributed by atoms with Crippen molar-refractivity contribution in [2.75, 3.05) is 39.4 Å². The van der Waals surface area contributed by atoms with E-state index < -0.39 is 17.7 Å². The number of morpholine rings is 1. The number of benzene rings is 1. The van der Waals surface area contributed by atoms with Crippen molar-refractivity contribution >= 4 is 17.4 Å². The number of carbonyl (C=O) groups excluding carboxylic acids is 2. The first-order valence-corrected chi connectivity index (χ1v) is 10.5. The van der Waals surface area contributed by atoms with Crippen molar-refractivity contribution in [1.29, 1.82) is 0 Å². The zero-order valence-electron chi connectivity index (χ0n) is 17.9. The number of likely N-dealkylation sites (tertiary alicyclic amines) is 1. The number of amides is 1. The average Bonchev–Trinajstić information content (AvgIpc) is 3.05. The van der Waals surface area contributed by atoms with Crippen molar-refractivity contribution in [2.24, 2.45) is 0 Å². The molecule has 1 atom stereocenters. The molecule has 0 saturated carbocycles. The number of aliphatic hydroxyl groups excluding tert-OH is 1. The number of aromatic nitrogens is 1. The van der Waals surface area contributed by atoms with Gasteiger partial charge in [0.1, 0.15) is 5.76 Å². The minimum absolute atomic E-state index is 0.119. The number of rotatable bonds is 5. The summed E-state index contributed by atoms with van der Waals surface area (Å²) in [5, 5.41) is 11.2. The molecule has 3 heterocycles. The van der Waals surface area contributed by atoms with E-state index in [-0.39, 0.29) is 11.3 Å². The molecule has 1 N–H and O–H groups in total. The lowest BCUT2D eigenvalue weighted by atomic mass is 9.94. The number of ketones is 1. The Morgan fingerprint density at radius 2 is 1.94 bits per heavy atom.